The Balaban J connectivity index is 0.000000184. The second kappa shape index (κ2) is 7.63. The van der Waals surface area contributed by atoms with Crippen molar-refractivity contribution in [3.63, 3.8) is 0 Å². The van der Waals surface area contributed by atoms with Crippen molar-refractivity contribution in [2.75, 3.05) is 20.3 Å². The minimum absolute atomic E-state index is 0.442. The fourth-order valence-electron chi connectivity index (χ4n) is 1.42. The summed E-state index contributed by atoms with van der Waals surface area (Å²) in [5.41, 5.74) is 0. The fraction of sp³-hybridized carbons (Fsp3) is 0.333. The van der Waals surface area contributed by atoms with Crippen LogP contribution >= 0.6 is 0 Å². The molecule has 98 valence electrons. The van der Waals surface area contributed by atoms with Crippen LogP contribution < -0.4 is 4.65 Å². The Morgan fingerprint density at radius 1 is 1.22 bits per heavy atom. The zero-order valence-electron chi connectivity index (χ0n) is 10.7. The lowest BCUT2D eigenvalue weighted by atomic mass is 10.2. The number of nitrogens with zero attached hydrogens (tertiary/aromatic N) is 2. The second-order valence-electron chi connectivity index (χ2n) is 3.86. The molecule has 5 nitrogen and oxygen atoms in total. The maximum absolute atomic E-state index is 8.34. The topological polar surface area (TPSA) is 56.2 Å². The first-order valence-corrected chi connectivity index (χ1v) is 5.82. The first-order chi connectivity index (χ1) is 8.61. The molecule has 0 amide bonds. The summed E-state index contributed by atoms with van der Waals surface area (Å²) < 4.78 is 4.53. The summed E-state index contributed by atoms with van der Waals surface area (Å²) in [6.45, 7) is 4.32. The molecule has 0 bridgehead atoms. The van der Waals surface area contributed by atoms with Crippen LogP contribution in [0.1, 0.15) is 6.92 Å². The van der Waals surface area contributed by atoms with Crippen LogP contribution in [-0.4, -0.2) is 47.4 Å². The van der Waals surface area contributed by atoms with Gasteiger partial charge in [-0.05, 0) is 19.1 Å². The molecule has 0 radical (unpaired) electrons. The minimum Gasteiger partial charge on any atom is -0.512 e. The molecule has 2 N–H and O–H groups in total. The van der Waals surface area contributed by atoms with Crippen molar-refractivity contribution in [1.82, 2.24) is 9.80 Å². The second-order valence-corrected chi connectivity index (χ2v) is 3.86. The average Bonchev–Trinajstić information content (AvgIpc) is 2.76. The quantitative estimate of drug-likeness (QED) is 0.774. The van der Waals surface area contributed by atoms with Gasteiger partial charge in [0.05, 0.1) is 6.67 Å². The standard InChI is InChI=1S/C6H7BO3.C6H12N2/c8-7(9)10-6-4-2-1-3-5-6;1-3-8-5-4-7(2)6-8/h1-5,8-9H;4-5H,3,6H2,1-2H3. The maximum Gasteiger partial charge on any atom is 0.707 e. The van der Waals surface area contributed by atoms with E-state index in [1.165, 1.54) is 0 Å². The summed E-state index contributed by atoms with van der Waals surface area (Å²) >= 11 is 0. The Kier molecular flexibility index (Phi) is 6.11. The largest absolute Gasteiger partial charge is 0.707 e. The molecular formula is C12H19BN2O3. The van der Waals surface area contributed by atoms with E-state index in [2.05, 4.69) is 40.8 Å². The van der Waals surface area contributed by atoms with Crippen molar-refractivity contribution in [3.8, 4) is 5.75 Å². The monoisotopic (exact) mass is 250 g/mol. The van der Waals surface area contributed by atoms with Gasteiger partial charge in [-0.1, -0.05) is 18.2 Å². The molecule has 1 heterocycles. The Morgan fingerprint density at radius 2 is 1.89 bits per heavy atom. The molecule has 1 aromatic rings. The maximum atomic E-state index is 8.34. The first kappa shape index (κ1) is 14.4. The van der Waals surface area contributed by atoms with Gasteiger partial charge in [0.15, 0.2) is 0 Å². The highest BCUT2D eigenvalue weighted by molar-refractivity contribution is 6.33. The highest BCUT2D eigenvalue weighted by Crippen LogP contribution is 2.07. The number of benzene rings is 1. The van der Waals surface area contributed by atoms with Crippen molar-refractivity contribution in [3.05, 3.63) is 42.7 Å². The molecule has 2 rings (SSSR count). The Hall–Kier alpha value is -1.66. The number of para-hydroxylation sites is 1. The predicted molar refractivity (Wildman–Crippen MR) is 71.4 cm³/mol. The van der Waals surface area contributed by atoms with Gasteiger partial charge < -0.3 is 24.5 Å². The van der Waals surface area contributed by atoms with Crippen molar-refractivity contribution in [2.45, 2.75) is 6.92 Å². The third-order valence-electron chi connectivity index (χ3n) is 2.33. The zero-order valence-corrected chi connectivity index (χ0v) is 10.7. The normalized spacial score (nSPS) is 13.1. The zero-order chi connectivity index (χ0) is 13.4. The van der Waals surface area contributed by atoms with E-state index in [1.54, 1.807) is 24.3 Å². The van der Waals surface area contributed by atoms with Gasteiger partial charge in [-0.25, -0.2) is 0 Å². The molecule has 0 unspecified atom stereocenters. The first-order valence-electron chi connectivity index (χ1n) is 5.82. The minimum atomic E-state index is -1.73. The van der Waals surface area contributed by atoms with Crippen molar-refractivity contribution >= 4 is 7.32 Å². The van der Waals surface area contributed by atoms with Crippen LogP contribution in [0.15, 0.2) is 42.7 Å². The van der Waals surface area contributed by atoms with Gasteiger partial charge in [0, 0.05) is 26.0 Å². The van der Waals surface area contributed by atoms with Gasteiger partial charge >= 0.3 is 7.32 Å². The highest BCUT2D eigenvalue weighted by Gasteiger charge is 2.09. The van der Waals surface area contributed by atoms with E-state index >= 15 is 0 Å². The Bertz CT molecular complexity index is 360. The summed E-state index contributed by atoms with van der Waals surface area (Å²) in [7, 11) is 0.342. The molecule has 0 fully saturated rings. The van der Waals surface area contributed by atoms with Gasteiger partial charge in [-0.15, -0.1) is 0 Å². The van der Waals surface area contributed by atoms with E-state index < -0.39 is 7.32 Å². The number of hydrogen-bond donors (Lipinski definition) is 2. The molecular weight excluding hydrogens is 231 g/mol. The fourth-order valence-corrected chi connectivity index (χ4v) is 1.42. The van der Waals surface area contributed by atoms with Gasteiger partial charge in [-0.2, -0.15) is 0 Å². The van der Waals surface area contributed by atoms with Gasteiger partial charge in [0.25, 0.3) is 0 Å². The van der Waals surface area contributed by atoms with Crippen LogP contribution in [0.5, 0.6) is 5.75 Å². The lowest BCUT2D eigenvalue weighted by Crippen LogP contribution is -2.21. The molecule has 1 aliphatic heterocycles. The van der Waals surface area contributed by atoms with E-state index in [4.69, 9.17) is 10.0 Å². The SMILES string of the molecule is CCN1C=CN(C)C1.OB(O)Oc1ccccc1. The molecule has 0 aromatic heterocycles. The van der Waals surface area contributed by atoms with E-state index in [1.807, 2.05) is 6.07 Å². The Morgan fingerprint density at radius 3 is 2.28 bits per heavy atom. The van der Waals surface area contributed by atoms with Crippen LogP contribution in [0.25, 0.3) is 0 Å². The molecule has 18 heavy (non-hydrogen) atoms. The average molecular weight is 250 g/mol. The lowest BCUT2D eigenvalue weighted by Gasteiger charge is -2.14. The van der Waals surface area contributed by atoms with Crippen molar-refractivity contribution in [1.29, 1.82) is 0 Å². The van der Waals surface area contributed by atoms with E-state index in [9.17, 15) is 0 Å². The summed E-state index contributed by atoms with van der Waals surface area (Å²) in [4.78, 5) is 4.41. The number of hydrogen-bond acceptors (Lipinski definition) is 5. The smallest absolute Gasteiger partial charge is 0.512 e. The molecule has 0 atom stereocenters. The number of rotatable bonds is 3. The third kappa shape index (κ3) is 5.61. The van der Waals surface area contributed by atoms with E-state index in [0.717, 1.165) is 13.2 Å². The summed E-state index contributed by atoms with van der Waals surface area (Å²) in [6, 6.07) is 8.59. The molecule has 1 aliphatic rings. The van der Waals surface area contributed by atoms with Crippen LogP contribution in [-0.2, 0) is 0 Å². The summed E-state index contributed by atoms with van der Waals surface area (Å²) in [5, 5.41) is 16.7. The van der Waals surface area contributed by atoms with Crippen molar-refractivity contribution < 1.29 is 14.7 Å². The van der Waals surface area contributed by atoms with Crippen LogP contribution in [0.2, 0.25) is 0 Å². The predicted octanol–water partition coefficient (Wildman–Crippen LogP) is 0.717. The van der Waals surface area contributed by atoms with Crippen LogP contribution in [0.3, 0.4) is 0 Å². The van der Waals surface area contributed by atoms with E-state index in [0.29, 0.717) is 5.75 Å². The summed E-state index contributed by atoms with van der Waals surface area (Å²) in [5.74, 6) is 0.442. The lowest BCUT2D eigenvalue weighted by molar-refractivity contribution is 0.288. The van der Waals surface area contributed by atoms with Gasteiger partial charge in [0.1, 0.15) is 5.75 Å². The van der Waals surface area contributed by atoms with Crippen LogP contribution in [0, 0.1) is 0 Å². The molecule has 1 aromatic carbocycles. The Labute approximate surface area is 108 Å². The molecule has 6 heteroatoms. The molecule has 0 spiro atoms. The van der Waals surface area contributed by atoms with E-state index in [-0.39, 0.29) is 0 Å². The highest BCUT2D eigenvalue weighted by atomic mass is 16.6. The van der Waals surface area contributed by atoms with Gasteiger partial charge in [0.2, 0.25) is 0 Å². The molecule has 0 saturated heterocycles. The molecule has 0 saturated carbocycles. The van der Waals surface area contributed by atoms with Crippen molar-refractivity contribution in [2.24, 2.45) is 0 Å². The van der Waals surface area contributed by atoms with Gasteiger partial charge in [-0.3, -0.25) is 0 Å². The third-order valence-corrected chi connectivity index (χ3v) is 2.33. The molecule has 0 aliphatic carbocycles. The summed E-state index contributed by atoms with van der Waals surface area (Å²) in [6.07, 6.45) is 4.20. The van der Waals surface area contributed by atoms with Crippen LogP contribution in [0.4, 0.5) is 0 Å².